The lowest BCUT2D eigenvalue weighted by molar-refractivity contribution is -0.140. The molecule has 25 heavy (non-hydrogen) atoms. The normalized spacial score (nSPS) is 36.6. The van der Waals surface area contributed by atoms with Gasteiger partial charge in [0.1, 0.15) is 0 Å². The Morgan fingerprint density at radius 2 is 2.00 bits per heavy atom. The van der Waals surface area contributed by atoms with Gasteiger partial charge < -0.3 is 15.8 Å². The van der Waals surface area contributed by atoms with Crippen LogP contribution in [0.1, 0.15) is 25.7 Å². The molecular weight excluding hydrogens is 320 g/mol. The van der Waals surface area contributed by atoms with E-state index in [2.05, 4.69) is 22.5 Å². The van der Waals surface area contributed by atoms with E-state index in [4.69, 9.17) is 10.5 Å². The number of imide groups is 1. The maximum atomic E-state index is 12.6. The average Bonchev–Trinajstić information content (AvgIpc) is 3.37. The summed E-state index contributed by atoms with van der Waals surface area (Å²) in [6, 6.07) is 0. The molecule has 5 atom stereocenters. The van der Waals surface area contributed by atoms with E-state index < -0.39 is 0 Å². The van der Waals surface area contributed by atoms with Gasteiger partial charge in [-0.1, -0.05) is 12.2 Å². The minimum atomic E-state index is -0.103. The number of allylic oxidation sites excluding steroid dienone is 2. The van der Waals surface area contributed by atoms with Crippen LogP contribution in [0.5, 0.6) is 0 Å². The Kier molecular flexibility index (Phi) is 4.50. The van der Waals surface area contributed by atoms with Gasteiger partial charge in [0.2, 0.25) is 11.8 Å². The molecule has 4 rings (SSSR count). The summed E-state index contributed by atoms with van der Waals surface area (Å²) in [6.45, 7) is 2.44. The highest BCUT2D eigenvalue weighted by molar-refractivity contribution is 6.06. The minimum absolute atomic E-state index is 0.0203. The molecule has 7 heteroatoms. The van der Waals surface area contributed by atoms with Crippen LogP contribution >= 0.6 is 0 Å². The maximum Gasteiger partial charge on any atom is 0.233 e. The number of amides is 2. The monoisotopic (exact) mass is 346 g/mol. The molecule has 2 bridgehead atoms. The molecule has 2 saturated heterocycles. The lowest BCUT2D eigenvalue weighted by Gasteiger charge is -2.17. The van der Waals surface area contributed by atoms with Gasteiger partial charge in [-0.05, 0) is 37.5 Å². The molecule has 1 saturated carbocycles. The van der Waals surface area contributed by atoms with Gasteiger partial charge in [-0.2, -0.15) is 0 Å². The van der Waals surface area contributed by atoms with Crippen LogP contribution in [-0.4, -0.2) is 55.0 Å². The summed E-state index contributed by atoms with van der Waals surface area (Å²) in [7, 11) is 0. The first-order chi connectivity index (χ1) is 12.1. The Bertz CT molecular complexity index is 581. The predicted molar refractivity (Wildman–Crippen MR) is 92.5 cm³/mol. The molecule has 3 N–H and O–H groups in total. The Hall–Kier alpha value is -1.89. The Morgan fingerprint density at radius 1 is 1.28 bits per heavy atom. The molecule has 7 nitrogen and oxygen atoms in total. The van der Waals surface area contributed by atoms with Crippen LogP contribution in [0.15, 0.2) is 17.1 Å². The highest BCUT2D eigenvalue weighted by Crippen LogP contribution is 2.52. The van der Waals surface area contributed by atoms with Gasteiger partial charge in [0.25, 0.3) is 0 Å². The van der Waals surface area contributed by atoms with Gasteiger partial charge in [-0.15, -0.1) is 0 Å². The van der Waals surface area contributed by atoms with Gasteiger partial charge in [-0.25, -0.2) is 0 Å². The van der Waals surface area contributed by atoms with Crippen LogP contribution in [0, 0.1) is 23.7 Å². The van der Waals surface area contributed by atoms with Crippen molar-refractivity contribution in [3.63, 3.8) is 0 Å². The van der Waals surface area contributed by atoms with E-state index in [1.807, 2.05) is 0 Å². The number of aliphatic imine (C=N–C) groups is 1. The quantitative estimate of drug-likeness (QED) is 0.236. The van der Waals surface area contributed by atoms with Crippen LogP contribution in [0.4, 0.5) is 0 Å². The number of nitrogens with one attached hydrogen (secondary N) is 1. The molecule has 3 fully saturated rings. The van der Waals surface area contributed by atoms with Crippen molar-refractivity contribution < 1.29 is 14.3 Å². The fraction of sp³-hybridized carbons (Fsp3) is 0.722. The van der Waals surface area contributed by atoms with Crippen molar-refractivity contribution in [3.05, 3.63) is 12.2 Å². The average molecular weight is 346 g/mol. The predicted octanol–water partition coefficient (Wildman–Crippen LogP) is 0.267. The van der Waals surface area contributed by atoms with Crippen molar-refractivity contribution in [3.8, 4) is 0 Å². The number of nitrogens with two attached hydrogens (primary N) is 1. The standard InChI is InChI=1S/C18H26N4O3/c19-18(21-10-13-3-1-8-25-13)20-6-2-7-22-16(23)14-11-4-5-12(9-11)15(14)17(22)24/h4-5,11-15H,1-3,6-10H2,(H3,19,20,21). The fourth-order valence-electron chi connectivity index (χ4n) is 4.68. The van der Waals surface area contributed by atoms with E-state index in [-0.39, 0.29) is 41.6 Å². The zero-order valence-electron chi connectivity index (χ0n) is 14.4. The summed E-state index contributed by atoms with van der Waals surface area (Å²) in [5, 5.41) is 3.05. The Balaban J connectivity index is 1.21. The van der Waals surface area contributed by atoms with Gasteiger partial charge in [0.15, 0.2) is 5.96 Å². The van der Waals surface area contributed by atoms with Crippen LogP contribution in [0.2, 0.25) is 0 Å². The van der Waals surface area contributed by atoms with Crippen molar-refractivity contribution in [1.29, 1.82) is 0 Å². The minimum Gasteiger partial charge on any atom is -0.376 e. The molecule has 0 aromatic carbocycles. The van der Waals surface area contributed by atoms with Gasteiger partial charge in [0.05, 0.1) is 24.5 Å². The van der Waals surface area contributed by atoms with Gasteiger partial charge in [0, 0.05) is 19.7 Å². The molecule has 5 unspecified atom stereocenters. The highest BCUT2D eigenvalue weighted by atomic mass is 16.5. The van der Waals surface area contributed by atoms with Crippen molar-refractivity contribution in [1.82, 2.24) is 10.2 Å². The van der Waals surface area contributed by atoms with Crippen LogP contribution < -0.4 is 11.1 Å². The SMILES string of the molecule is NC(=NCC1CCCO1)NCCCN1C(=O)C2C3C=CC(C3)C2C1=O. The molecule has 136 valence electrons. The molecule has 2 aliphatic heterocycles. The third-order valence-electron chi connectivity index (χ3n) is 5.92. The first kappa shape index (κ1) is 16.6. The summed E-state index contributed by atoms with van der Waals surface area (Å²) < 4.78 is 5.50. The van der Waals surface area contributed by atoms with Crippen LogP contribution in [-0.2, 0) is 14.3 Å². The third kappa shape index (κ3) is 3.05. The van der Waals surface area contributed by atoms with Gasteiger partial charge in [-0.3, -0.25) is 19.5 Å². The number of nitrogens with zero attached hydrogens (tertiary/aromatic N) is 2. The first-order valence-electron chi connectivity index (χ1n) is 9.34. The topological polar surface area (TPSA) is 97.0 Å². The number of ether oxygens (including phenoxy) is 1. The number of hydrogen-bond acceptors (Lipinski definition) is 4. The smallest absolute Gasteiger partial charge is 0.233 e. The summed E-state index contributed by atoms with van der Waals surface area (Å²) in [5.41, 5.74) is 5.85. The molecule has 0 aromatic heterocycles. The zero-order valence-corrected chi connectivity index (χ0v) is 14.4. The van der Waals surface area contributed by atoms with E-state index in [1.165, 1.54) is 4.90 Å². The maximum absolute atomic E-state index is 12.6. The molecule has 0 radical (unpaired) electrons. The van der Waals surface area contributed by atoms with Crippen molar-refractivity contribution in [2.45, 2.75) is 31.8 Å². The number of likely N-dealkylation sites (tertiary alicyclic amines) is 1. The lowest BCUT2D eigenvalue weighted by Crippen LogP contribution is -2.37. The zero-order chi connectivity index (χ0) is 17.4. The molecular formula is C18H26N4O3. The second-order valence-electron chi connectivity index (χ2n) is 7.47. The summed E-state index contributed by atoms with van der Waals surface area (Å²) in [5.74, 6) is 0.778. The molecule has 2 heterocycles. The number of carbonyl (C=O) groups is 2. The third-order valence-corrected chi connectivity index (χ3v) is 5.92. The van der Waals surface area contributed by atoms with Crippen molar-refractivity contribution >= 4 is 17.8 Å². The van der Waals surface area contributed by atoms with E-state index in [0.29, 0.717) is 32.0 Å². The molecule has 0 spiro atoms. The van der Waals surface area contributed by atoms with E-state index >= 15 is 0 Å². The molecule has 2 amide bonds. The fourth-order valence-corrected chi connectivity index (χ4v) is 4.68. The summed E-state index contributed by atoms with van der Waals surface area (Å²) in [4.78, 5) is 30.9. The number of fused-ring (bicyclic) bond motifs is 5. The van der Waals surface area contributed by atoms with E-state index in [9.17, 15) is 9.59 Å². The molecule has 4 aliphatic rings. The molecule has 2 aliphatic carbocycles. The van der Waals surface area contributed by atoms with Gasteiger partial charge >= 0.3 is 0 Å². The van der Waals surface area contributed by atoms with Crippen molar-refractivity contribution in [2.24, 2.45) is 34.4 Å². The first-order valence-corrected chi connectivity index (χ1v) is 9.34. The summed E-state index contributed by atoms with van der Waals surface area (Å²) >= 11 is 0. The Labute approximate surface area is 147 Å². The van der Waals surface area contributed by atoms with E-state index in [0.717, 1.165) is 25.9 Å². The second kappa shape index (κ2) is 6.78. The van der Waals surface area contributed by atoms with Crippen LogP contribution in [0.25, 0.3) is 0 Å². The summed E-state index contributed by atoms with van der Waals surface area (Å²) in [6.07, 6.45) is 8.19. The van der Waals surface area contributed by atoms with Crippen molar-refractivity contribution in [2.75, 3.05) is 26.2 Å². The lowest BCUT2D eigenvalue weighted by atomic mass is 9.85. The second-order valence-corrected chi connectivity index (χ2v) is 7.47. The number of guanidine groups is 1. The number of rotatable bonds is 6. The number of hydrogen-bond donors (Lipinski definition) is 2. The number of carbonyl (C=O) groups excluding carboxylic acids is 2. The van der Waals surface area contributed by atoms with E-state index in [1.54, 1.807) is 0 Å². The highest BCUT2D eigenvalue weighted by Gasteiger charge is 2.58. The largest absolute Gasteiger partial charge is 0.376 e. The Morgan fingerprint density at radius 3 is 2.64 bits per heavy atom. The molecule has 0 aromatic rings. The van der Waals surface area contributed by atoms with Crippen LogP contribution in [0.3, 0.4) is 0 Å².